The highest BCUT2D eigenvalue weighted by molar-refractivity contribution is 6.14. The quantitative estimate of drug-likeness (QED) is 0.437. The van der Waals surface area contributed by atoms with E-state index in [4.69, 9.17) is 4.74 Å². The summed E-state index contributed by atoms with van der Waals surface area (Å²) < 4.78 is 5.41. The van der Waals surface area contributed by atoms with Gasteiger partial charge in [-0.3, -0.25) is 9.59 Å². The van der Waals surface area contributed by atoms with Crippen molar-refractivity contribution in [3.8, 4) is 0 Å². The molecule has 1 amide bonds. The number of carbonyl (C=O) groups excluding carboxylic acids is 3. The number of rotatable bonds is 7. The van der Waals surface area contributed by atoms with Crippen molar-refractivity contribution >= 4 is 23.3 Å². The van der Waals surface area contributed by atoms with E-state index in [1.54, 1.807) is 42.5 Å². The van der Waals surface area contributed by atoms with Crippen LogP contribution >= 0.6 is 0 Å². The first-order valence-corrected chi connectivity index (χ1v) is 10.2. The van der Waals surface area contributed by atoms with E-state index < -0.39 is 18.0 Å². The van der Waals surface area contributed by atoms with Crippen molar-refractivity contribution in [1.29, 1.82) is 0 Å². The first kappa shape index (κ1) is 22.0. The lowest BCUT2D eigenvalue weighted by atomic mass is 9.98. The normalized spacial score (nSPS) is 11.5. The summed E-state index contributed by atoms with van der Waals surface area (Å²) in [5.41, 5.74) is 3.51. The van der Waals surface area contributed by atoms with E-state index in [1.165, 1.54) is 13.0 Å². The summed E-state index contributed by atoms with van der Waals surface area (Å²) in [6.45, 7) is 5.43. The van der Waals surface area contributed by atoms with Crippen molar-refractivity contribution in [2.45, 2.75) is 33.3 Å². The Balaban J connectivity index is 1.76. The van der Waals surface area contributed by atoms with Crippen LogP contribution < -0.4 is 5.32 Å². The first-order chi connectivity index (χ1) is 14.9. The summed E-state index contributed by atoms with van der Waals surface area (Å²) >= 11 is 0. The maximum atomic E-state index is 12.9. The van der Waals surface area contributed by atoms with Gasteiger partial charge in [0.15, 0.2) is 11.9 Å². The molecule has 158 valence electrons. The molecular weight excluding hydrogens is 390 g/mol. The van der Waals surface area contributed by atoms with Gasteiger partial charge in [0, 0.05) is 16.8 Å². The lowest BCUT2D eigenvalue weighted by Gasteiger charge is -2.17. The Hall–Kier alpha value is -3.73. The zero-order valence-corrected chi connectivity index (χ0v) is 17.8. The number of hydrogen-bond donors (Lipinski definition) is 1. The zero-order chi connectivity index (χ0) is 22.4. The summed E-state index contributed by atoms with van der Waals surface area (Å²) in [7, 11) is 0. The largest absolute Gasteiger partial charge is 0.449 e. The van der Waals surface area contributed by atoms with Crippen LogP contribution in [0.25, 0.3) is 0 Å². The second-order valence-electron chi connectivity index (χ2n) is 7.24. The van der Waals surface area contributed by atoms with Crippen LogP contribution in [0.15, 0.2) is 72.8 Å². The van der Waals surface area contributed by atoms with Crippen molar-refractivity contribution in [2.75, 3.05) is 5.32 Å². The lowest BCUT2D eigenvalue weighted by molar-refractivity contribution is -0.123. The number of esters is 1. The standard InChI is InChI=1S/C26H25NO4/c1-4-19-14-10-11-17(2)23(19)27-25(29)18(3)31-26(30)22-16-9-8-15-21(22)24(28)20-12-6-5-7-13-20/h5-16,18H,4H2,1-3H3,(H,27,29). The van der Waals surface area contributed by atoms with E-state index >= 15 is 0 Å². The number of carbonyl (C=O) groups is 3. The number of anilines is 1. The van der Waals surface area contributed by atoms with Gasteiger partial charge < -0.3 is 10.1 Å². The van der Waals surface area contributed by atoms with Crippen molar-refractivity contribution < 1.29 is 19.1 Å². The van der Waals surface area contributed by atoms with Gasteiger partial charge in [0.05, 0.1) is 5.56 Å². The van der Waals surface area contributed by atoms with Gasteiger partial charge in [0.1, 0.15) is 0 Å². The number of aryl methyl sites for hydroxylation is 2. The van der Waals surface area contributed by atoms with Crippen LogP contribution in [-0.4, -0.2) is 23.8 Å². The average molecular weight is 415 g/mol. The van der Waals surface area contributed by atoms with Crippen molar-refractivity contribution in [3.05, 3.63) is 101 Å². The fraction of sp³-hybridized carbons (Fsp3) is 0.192. The SMILES string of the molecule is CCc1cccc(C)c1NC(=O)C(C)OC(=O)c1ccccc1C(=O)c1ccccc1. The molecule has 0 aliphatic rings. The number of para-hydroxylation sites is 1. The van der Waals surface area contributed by atoms with Crippen LogP contribution in [0.4, 0.5) is 5.69 Å². The van der Waals surface area contributed by atoms with Gasteiger partial charge in [0.2, 0.25) is 0 Å². The fourth-order valence-corrected chi connectivity index (χ4v) is 3.31. The minimum Gasteiger partial charge on any atom is -0.449 e. The molecule has 1 N–H and O–H groups in total. The third-order valence-electron chi connectivity index (χ3n) is 5.07. The van der Waals surface area contributed by atoms with E-state index in [2.05, 4.69) is 5.32 Å². The van der Waals surface area contributed by atoms with Gasteiger partial charge in [0.25, 0.3) is 5.91 Å². The van der Waals surface area contributed by atoms with Crippen LogP contribution in [0.1, 0.15) is 51.3 Å². The Morgan fingerprint density at radius 3 is 2.19 bits per heavy atom. The van der Waals surface area contributed by atoms with Crippen molar-refractivity contribution in [3.63, 3.8) is 0 Å². The van der Waals surface area contributed by atoms with Crippen LogP contribution in [-0.2, 0) is 16.0 Å². The summed E-state index contributed by atoms with van der Waals surface area (Å²) in [5.74, 6) is -1.43. The highest BCUT2D eigenvalue weighted by atomic mass is 16.5. The molecule has 0 bridgehead atoms. The zero-order valence-electron chi connectivity index (χ0n) is 17.8. The smallest absolute Gasteiger partial charge is 0.339 e. The molecule has 5 nitrogen and oxygen atoms in total. The fourth-order valence-electron chi connectivity index (χ4n) is 3.31. The molecule has 31 heavy (non-hydrogen) atoms. The minimum absolute atomic E-state index is 0.126. The molecule has 3 aromatic carbocycles. The Kier molecular flexibility index (Phi) is 6.98. The maximum Gasteiger partial charge on any atom is 0.339 e. The Bertz CT molecular complexity index is 1110. The van der Waals surface area contributed by atoms with E-state index in [9.17, 15) is 14.4 Å². The topological polar surface area (TPSA) is 72.5 Å². The number of ketones is 1. The van der Waals surface area contributed by atoms with Gasteiger partial charge in [-0.2, -0.15) is 0 Å². The van der Waals surface area contributed by atoms with Gasteiger partial charge in [-0.05, 0) is 37.5 Å². The summed E-state index contributed by atoms with van der Waals surface area (Å²) in [5, 5.41) is 2.87. The molecule has 0 spiro atoms. The predicted molar refractivity (Wildman–Crippen MR) is 120 cm³/mol. The summed E-state index contributed by atoms with van der Waals surface area (Å²) in [6.07, 6.45) is -0.267. The summed E-state index contributed by atoms with van der Waals surface area (Å²) in [6, 6.07) is 21.0. The summed E-state index contributed by atoms with van der Waals surface area (Å²) in [4.78, 5) is 38.3. The Morgan fingerprint density at radius 1 is 0.871 bits per heavy atom. The lowest BCUT2D eigenvalue weighted by Crippen LogP contribution is -2.31. The molecule has 3 rings (SSSR count). The van der Waals surface area contributed by atoms with Crippen molar-refractivity contribution in [2.24, 2.45) is 0 Å². The van der Waals surface area contributed by atoms with Gasteiger partial charge in [-0.25, -0.2) is 4.79 Å². The van der Waals surface area contributed by atoms with E-state index in [0.29, 0.717) is 5.56 Å². The highest BCUT2D eigenvalue weighted by Crippen LogP contribution is 2.22. The second-order valence-corrected chi connectivity index (χ2v) is 7.24. The van der Waals surface area contributed by atoms with Gasteiger partial charge in [-0.15, -0.1) is 0 Å². The monoisotopic (exact) mass is 415 g/mol. The minimum atomic E-state index is -1.03. The van der Waals surface area contributed by atoms with Gasteiger partial charge >= 0.3 is 5.97 Å². The van der Waals surface area contributed by atoms with Crippen molar-refractivity contribution in [1.82, 2.24) is 0 Å². The maximum absolute atomic E-state index is 12.9. The molecule has 0 saturated heterocycles. The third-order valence-corrected chi connectivity index (χ3v) is 5.07. The van der Waals surface area contributed by atoms with Gasteiger partial charge in [-0.1, -0.05) is 73.7 Å². The molecule has 0 aliphatic heterocycles. The Labute approximate surface area is 182 Å². The molecule has 0 fully saturated rings. The molecule has 3 aromatic rings. The predicted octanol–water partition coefficient (Wildman–Crippen LogP) is 4.97. The number of hydrogen-bond acceptors (Lipinski definition) is 4. The van der Waals surface area contributed by atoms with Crippen LogP contribution in [0, 0.1) is 6.92 Å². The molecule has 1 atom stereocenters. The average Bonchev–Trinajstić information content (AvgIpc) is 2.80. The van der Waals surface area contributed by atoms with E-state index in [0.717, 1.165) is 23.2 Å². The number of nitrogens with one attached hydrogen (secondary N) is 1. The number of amides is 1. The molecular formula is C26H25NO4. The third kappa shape index (κ3) is 5.07. The van der Waals surface area contributed by atoms with Crippen LogP contribution in [0.3, 0.4) is 0 Å². The molecule has 0 radical (unpaired) electrons. The molecule has 0 aliphatic carbocycles. The Morgan fingerprint density at radius 2 is 1.52 bits per heavy atom. The number of benzene rings is 3. The molecule has 0 heterocycles. The molecule has 0 aromatic heterocycles. The molecule has 0 saturated carbocycles. The molecule has 1 unspecified atom stereocenters. The van der Waals surface area contributed by atoms with E-state index in [1.807, 2.05) is 38.1 Å². The van der Waals surface area contributed by atoms with Crippen LogP contribution in [0.5, 0.6) is 0 Å². The highest BCUT2D eigenvalue weighted by Gasteiger charge is 2.24. The van der Waals surface area contributed by atoms with Crippen LogP contribution in [0.2, 0.25) is 0 Å². The number of ether oxygens (including phenoxy) is 1. The van der Waals surface area contributed by atoms with E-state index in [-0.39, 0.29) is 16.9 Å². The first-order valence-electron chi connectivity index (χ1n) is 10.2. The second kappa shape index (κ2) is 9.85. The molecule has 5 heteroatoms.